The molecule has 0 bridgehead atoms. The summed E-state index contributed by atoms with van der Waals surface area (Å²) in [4.78, 5) is 32.5. The van der Waals surface area contributed by atoms with Crippen LogP contribution in [0, 0.1) is 5.92 Å². The van der Waals surface area contributed by atoms with Crippen LogP contribution in [0.25, 0.3) is 10.9 Å². The molecule has 26 heavy (non-hydrogen) atoms. The van der Waals surface area contributed by atoms with Crippen molar-refractivity contribution in [2.75, 3.05) is 13.1 Å². The summed E-state index contributed by atoms with van der Waals surface area (Å²) >= 11 is 5.79. The van der Waals surface area contributed by atoms with Crippen LogP contribution in [0.1, 0.15) is 23.8 Å². The zero-order chi connectivity index (χ0) is 19.1. The number of carbonyl (C=O) groups is 2. The summed E-state index contributed by atoms with van der Waals surface area (Å²) in [5, 5.41) is 3.47. The number of fused-ring (bicyclic) bond motifs is 1. The normalized spacial score (nSPS) is 19.0. The molecule has 0 aliphatic carbocycles. The molecule has 2 amide bonds. The fraction of sp³-hybridized carbons (Fsp3) is 0.438. The number of aromatic amines is 1. The maximum absolute atomic E-state index is 12.7. The van der Waals surface area contributed by atoms with Crippen LogP contribution in [-0.2, 0) is 4.79 Å². The number of halogens is 4. The smallest absolute Gasteiger partial charge is 0.349 e. The van der Waals surface area contributed by atoms with Crippen LogP contribution in [0.5, 0.6) is 0 Å². The number of hydrogen-bond acceptors (Lipinski definition) is 3. The van der Waals surface area contributed by atoms with E-state index in [9.17, 15) is 22.8 Å². The zero-order valence-electron chi connectivity index (χ0n) is 13.7. The van der Waals surface area contributed by atoms with Crippen molar-refractivity contribution >= 4 is 34.3 Å². The summed E-state index contributed by atoms with van der Waals surface area (Å²) in [7, 11) is 0. The van der Waals surface area contributed by atoms with E-state index in [2.05, 4.69) is 15.3 Å². The molecule has 1 aliphatic rings. The molecule has 0 radical (unpaired) electrons. The van der Waals surface area contributed by atoms with Crippen molar-refractivity contribution in [2.24, 2.45) is 5.92 Å². The van der Waals surface area contributed by atoms with Gasteiger partial charge in [-0.05, 0) is 25.5 Å². The Labute approximate surface area is 151 Å². The molecule has 2 N–H and O–H groups in total. The van der Waals surface area contributed by atoms with E-state index in [0.29, 0.717) is 10.9 Å². The number of amides is 2. The van der Waals surface area contributed by atoms with Gasteiger partial charge in [0, 0.05) is 18.5 Å². The predicted octanol–water partition coefficient (Wildman–Crippen LogP) is 2.75. The molecule has 10 heteroatoms. The van der Waals surface area contributed by atoms with Gasteiger partial charge in [-0.2, -0.15) is 13.2 Å². The van der Waals surface area contributed by atoms with Crippen LogP contribution < -0.4 is 5.32 Å². The van der Waals surface area contributed by atoms with Crippen LogP contribution in [0.4, 0.5) is 13.2 Å². The second kappa shape index (κ2) is 6.79. The minimum atomic E-state index is -4.32. The molecule has 140 valence electrons. The third kappa shape index (κ3) is 3.77. The molecule has 0 saturated carbocycles. The third-order valence-corrected chi connectivity index (χ3v) is 4.60. The van der Waals surface area contributed by atoms with Crippen molar-refractivity contribution in [3.63, 3.8) is 0 Å². The first-order chi connectivity index (χ1) is 12.1. The molecule has 2 aromatic rings. The Morgan fingerprint density at radius 1 is 1.42 bits per heavy atom. The van der Waals surface area contributed by atoms with Gasteiger partial charge in [-0.3, -0.25) is 9.59 Å². The number of H-pyrrole nitrogens is 1. The van der Waals surface area contributed by atoms with Crippen molar-refractivity contribution < 1.29 is 22.8 Å². The van der Waals surface area contributed by atoms with Crippen LogP contribution in [0.2, 0.25) is 5.15 Å². The van der Waals surface area contributed by atoms with Crippen molar-refractivity contribution in [1.29, 1.82) is 0 Å². The first-order valence-corrected chi connectivity index (χ1v) is 8.33. The Bertz CT molecular complexity index is 852. The highest BCUT2D eigenvalue weighted by atomic mass is 35.5. The number of pyridine rings is 1. The molecule has 1 fully saturated rings. The van der Waals surface area contributed by atoms with Crippen molar-refractivity contribution in [3.05, 3.63) is 29.2 Å². The van der Waals surface area contributed by atoms with Gasteiger partial charge in [-0.25, -0.2) is 4.98 Å². The van der Waals surface area contributed by atoms with E-state index in [-0.39, 0.29) is 30.4 Å². The van der Waals surface area contributed by atoms with E-state index in [4.69, 9.17) is 11.6 Å². The first kappa shape index (κ1) is 18.5. The highest BCUT2D eigenvalue weighted by Crippen LogP contribution is 2.33. The number of nitrogens with one attached hydrogen (secondary N) is 2. The Balaban J connectivity index is 1.64. The summed E-state index contributed by atoms with van der Waals surface area (Å²) in [5.74, 6) is -2.59. The number of hydrogen-bond donors (Lipinski definition) is 2. The Hall–Kier alpha value is -2.29. The van der Waals surface area contributed by atoms with Gasteiger partial charge in [0.15, 0.2) is 0 Å². The third-order valence-electron chi connectivity index (χ3n) is 4.40. The van der Waals surface area contributed by atoms with Gasteiger partial charge in [0.05, 0.1) is 17.6 Å². The lowest BCUT2D eigenvalue weighted by atomic mass is 10.1. The summed E-state index contributed by atoms with van der Waals surface area (Å²) in [5.41, 5.74) is 0.810. The quantitative estimate of drug-likeness (QED) is 0.794. The predicted molar refractivity (Wildman–Crippen MR) is 88.8 cm³/mol. The van der Waals surface area contributed by atoms with Gasteiger partial charge >= 0.3 is 6.18 Å². The topological polar surface area (TPSA) is 78.1 Å². The minimum absolute atomic E-state index is 0.0276. The Kier molecular flexibility index (Phi) is 4.83. The van der Waals surface area contributed by atoms with Gasteiger partial charge < -0.3 is 15.2 Å². The van der Waals surface area contributed by atoms with Gasteiger partial charge in [0.25, 0.3) is 5.91 Å². The fourth-order valence-electron chi connectivity index (χ4n) is 2.96. The summed E-state index contributed by atoms with van der Waals surface area (Å²) in [6.07, 6.45) is -2.96. The number of alkyl halides is 3. The molecule has 0 aromatic carbocycles. The Morgan fingerprint density at radius 2 is 2.15 bits per heavy atom. The van der Waals surface area contributed by atoms with Gasteiger partial charge in [-0.1, -0.05) is 11.6 Å². The number of likely N-dealkylation sites (tertiary alicyclic amines) is 1. The molecule has 3 heterocycles. The summed E-state index contributed by atoms with van der Waals surface area (Å²) < 4.78 is 38.2. The molecule has 1 aliphatic heterocycles. The lowest BCUT2D eigenvalue weighted by molar-refractivity contribution is -0.171. The van der Waals surface area contributed by atoms with E-state index in [0.717, 1.165) is 4.90 Å². The molecule has 1 saturated heterocycles. The average Bonchev–Trinajstić information content (AvgIpc) is 3.20. The van der Waals surface area contributed by atoms with E-state index in [1.807, 2.05) is 0 Å². The number of nitrogens with zero attached hydrogens (tertiary/aromatic N) is 2. The number of carbonyl (C=O) groups excluding carboxylic acids is 2. The highest BCUT2D eigenvalue weighted by molar-refractivity contribution is 6.30. The number of aromatic nitrogens is 2. The lowest BCUT2D eigenvalue weighted by Crippen LogP contribution is -2.46. The van der Waals surface area contributed by atoms with E-state index < -0.39 is 30.0 Å². The molecule has 2 atom stereocenters. The van der Waals surface area contributed by atoms with E-state index >= 15 is 0 Å². The first-order valence-electron chi connectivity index (χ1n) is 7.96. The molecular formula is C16H16ClF3N4O2. The number of rotatable bonds is 3. The van der Waals surface area contributed by atoms with Gasteiger partial charge in [-0.15, -0.1) is 0 Å². The van der Waals surface area contributed by atoms with Gasteiger partial charge in [0.2, 0.25) is 5.91 Å². The maximum atomic E-state index is 12.7. The average molecular weight is 389 g/mol. The molecular weight excluding hydrogens is 373 g/mol. The molecule has 2 aromatic heterocycles. The second-order valence-electron chi connectivity index (χ2n) is 6.28. The van der Waals surface area contributed by atoms with Crippen LogP contribution in [-0.4, -0.2) is 52.0 Å². The lowest BCUT2D eigenvalue weighted by Gasteiger charge is -2.22. The Morgan fingerprint density at radius 3 is 2.81 bits per heavy atom. The molecule has 6 nitrogen and oxygen atoms in total. The van der Waals surface area contributed by atoms with Crippen molar-refractivity contribution in [1.82, 2.24) is 20.2 Å². The zero-order valence-corrected chi connectivity index (χ0v) is 14.5. The van der Waals surface area contributed by atoms with Crippen LogP contribution >= 0.6 is 11.6 Å². The van der Waals surface area contributed by atoms with E-state index in [1.54, 1.807) is 12.1 Å². The highest BCUT2D eigenvalue weighted by Gasteiger charge is 2.45. The molecule has 2 unspecified atom stereocenters. The van der Waals surface area contributed by atoms with Crippen LogP contribution in [0.3, 0.4) is 0 Å². The SMILES string of the molecule is CC(NC(=O)c1cc2cc(Cl)ncc2[nH]1)C(=O)N1CCC(C(F)(F)F)C1. The largest absolute Gasteiger partial charge is 0.393 e. The van der Waals surface area contributed by atoms with Crippen LogP contribution in [0.15, 0.2) is 18.3 Å². The maximum Gasteiger partial charge on any atom is 0.393 e. The summed E-state index contributed by atoms with van der Waals surface area (Å²) in [6, 6.07) is 2.20. The molecule has 3 rings (SSSR count). The standard InChI is InChI=1S/C16H16ClF3N4O2/c1-8(15(26)24-3-2-10(7-24)16(18,19)20)22-14(25)11-4-9-5-13(17)21-6-12(9)23-11/h4-6,8,10,23H,2-3,7H2,1H3,(H,22,25). The van der Waals surface area contributed by atoms with Gasteiger partial charge in [0.1, 0.15) is 16.9 Å². The van der Waals surface area contributed by atoms with Crippen molar-refractivity contribution in [3.8, 4) is 0 Å². The van der Waals surface area contributed by atoms with E-state index in [1.165, 1.54) is 13.1 Å². The minimum Gasteiger partial charge on any atom is -0.349 e. The fourth-order valence-corrected chi connectivity index (χ4v) is 3.13. The molecule has 0 spiro atoms. The monoisotopic (exact) mass is 388 g/mol. The summed E-state index contributed by atoms with van der Waals surface area (Å²) in [6.45, 7) is 1.10. The second-order valence-corrected chi connectivity index (χ2v) is 6.67. The van der Waals surface area contributed by atoms with Crippen molar-refractivity contribution in [2.45, 2.75) is 25.6 Å².